The first-order valence-corrected chi connectivity index (χ1v) is 6.88. The van der Waals surface area contributed by atoms with E-state index in [9.17, 15) is 0 Å². The van der Waals surface area contributed by atoms with Gasteiger partial charge in [0.05, 0.1) is 0 Å². The van der Waals surface area contributed by atoms with Crippen molar-refractivity contribution >= 4 is 0 Å². The van der Waals surface area contributed by atoms with Gasteiger partial charge in [-0.2, -0.15) is 0 Å². The first-order chi connectivity index (χ1) is 7.27. The maximum atomic E-state index is 8.76. The summed E-state index contributed by atoms with van der Waals surface area (Å²) in [5, 5.41) is 8.76. The van der Waals surface area contributed by atoms with Crippen LogP contribution in [-0.4, -0.2) is 11.7 Å². The molecular formula is C14H28O. The van der Waals surface area contributed by atoms with Crippen molar-refractivity contribution in [1.82, 2.24) is 0 Å². The Morgan fingerprint density at radius 2 is 2.00 bits per heavy atom. The summed E-state index contributed by atoms with van der Waals surface area (Å²) in [5.74, 6) is 2.93. The molecule has 1 nitrogen and oxygen atoms in total. The Morgan fingerprint density at radius 3 is 2.67 bits per heavy atom. The number of unbranched alkanes of at least 4 members (excludes halogenated alkanes) is 2. The number of rotatable bonds is 9. The summed E-state index contributed by atoms with van der Waals surface area (Å²) in [4.78, 5) is 0. The predicted molar refractivity (Wildman–Crippen MR) is 65.8 cm³/mol. The van der Waals surface area contributed by atoms with Gasteiger partial charge in [0, 0.05) is 6.61 Å². The van der Waals surface area contributed by atoms with E-state index >= 15 is 0 Å². The van der Waals surface area contributed by atoms with Crippen molar-refractivity contribution in [2.45, 2.75) is 65.2 Å². The quantitative estimate of drug-likeness (QED) is 0.573. The summed E-state index contributed by atoms with van der Waals surface area (Å²) in [6, 6.07) is 0. The minimum atomic E-state index is 0.370. The molecule has 1 rings (SSSR count). The van der Waals surface area contributed by atoms with Crippen LogP contribution in [0.15, 0.2) is 0 Å². The normalized spacial score (nSPS) is 26.6. The number of hydrogen-bond acceptors (Lipinski definition) is 1. The van der Waals surface area contributed by atoms with Gasteiger partial charge in [-0.1, -0.05) is 39.5 Å². The largest absolute Gasteiger partial charge is 0.396 e. The molecule has 0 aliphatic heterocycles. The second-order valence-electron chi connectivity index (χ2n) is 5.46. The number of aliphatic hydroxyl groups is 1. The van der Waals surface area contributed by atoms with Crippen LogP contribution in [0.3, 0.4) is 0 Å². The van der Waals surface area contributed by atoms with Gasteiger partial charge in [0.1, 0.15) is 0 Å². The van der Waals surface area contributed by atoms with Crippen LogP contribution >= 0.6 is 0 Å². The van der Waals surface area contributed by atoms with Crippen LogP contribution in [-0.2, 0) is 0 Å². The van der Waals surface area contributed by atoms with Gasteiger partial charge in [-0.3, -0.25) is 0 Å². The number of aliphatic hydroxyl groups excluding tert-OH is 1. The Kier molecular flexibility index (Phi) is 6.31. The van der Waals surface area contributed by atoms with Gasteiger partial charge in [0.25, 0.3) is 0 Å². The standard InChI is InChI=1S/C14H28O/c1-3-4-5-8-13-11-14(13)10-12(2)7-6-9-15/h12-15H,3-11H2,1-2H3/t12-,13+,14?/m1/s1. The smallest absolute Gasteiger partial charge is 0.0431 e. The van der Waals surface area contributed by atoms with E-state index in [0.29, 0.717) is 6.61 Å². The van der Waals surface area contributed by atoms with Gasteiger partial charge in [0.15, 0.2) is 0 Å². The zero-order valence-electron chi connectivity index (χ0n) is 10.5. The molecule has 0 aromatic heterocycles. The molecule has 0 aromatic rings. The van der Waals surface area contributed by atoms with Gasteiger partial charge < -0.3 is 5.11 Å². The van der Waals surface area contributed by atoms with E-state index in [1.54, 1.807) is 0 Å². The van der Waals surface area contributed by atoms with Gasteiger partial charge in [-0.05, 0) is 43.4 Å². The molecule has 0 aromatic carbocycles. The molecule has 0 spiro atoms. The fourth-order valence-corrected chi connectivity index (χ4v) is 2.68. The van der Waals surface area contributed by atoms with E-state index < -0.39 is 0 Å². The minimum Gasteiger partial charge on any atom is -0.396 e. The van der Waals surface area contributed by atoms with Crippen LogP contribution in [0.5, 0.6) is 0 Å². The van der Waals surface area contributed by atoms with Gasteiger partial charge >= 0.3 is 0 Å². The zero-order valence-corrected chi connectivity index (χ0v) is 10.5. The van der Waals surface area contributed by atoms with E-state index in [0.717, 1.165) is 24.2 Å². The molecule has 0 radical (unpaired) electrons. The van der Waals surface area contributed by atoms with Crippen LogP contribution in [0.2, 0.25) is 0 Å². The monoisotopic (exact) mass is 212 g/mol. The highest BCUT2D eigenvalue weighted by molar-refractivity contribution is 4.86. The highest BCUT2D eigenvalue weighted by Gasteiger charge is 2.36. The van der Waals surface area contributed by atoms with Crippen molar-refractivity contribution in [3.63, 3.8) is 0 Å². The molecule has 1 aliphatic carbocycles. The first-order valence-electron chi connectivity index (χ1n) is 6.88. The molecule has 1 unspecified atom stereocenters. The van der Waals surface area contributed by atoms with Gasteiger partial charge in [-0.15, -0.1) is 0 Å². The van der Waals surface area contributed by atoms with Crippen LogP contribution in [0.25, 0.3) is 0 Å². The lowest BCUT2D eigenvalue weighted by Gasteiger charge is -2.09. The summed E-state index contributed by atoms with van der Waals surface area (Å²) >= 11 is 0. The van der Waals surface area contributed by atoms with Crippen LogP contribution in [0, 0.1) is 17.8 Å². The molecule has 0 bridgehead atoms. The van der Waals surface area contributed by atoms with Crippen molar-refractivity contribution < 1.29 is 5.11 Å². The molecule has 1 saturated carbocycles. The van der Waals surface area contributed by atoms with Crippen LogP contribution in [0.1, 0.15) is 65.2 Å². The highest BCUT2D eigenvalue weighted by atomic mass is 16.2. The third kappa shape index (κ3) is 5.55. The molecule has 0 heterocycles. The molecule has 15 heavy (non-hydrogen) atoms. The van der Waals surface area contributed by atoms with E-state index in [1.807, 2.05) is 0 Å². The van der Waals surface area contributed by atoms with Crippen LogP contribution < -0.4 is 0 Å². The molecule has 0 saturated heterocycles. The molecule has 0 amide bonds. The summed E-state index contributed by atoms with van der Waals surface area (Å²) in [6.45, 7) is 4.99. The molecule has 90 valence electrons. The lowest BCUT2D eigenvalue weighted by Crippen LogP contribution is -1.99. The Bertz CT molecular complexity index is 155. The lowest BCUT2D eigenvalue weighted by molar-refractivity contribution is 0.269. The lowest BCUT2D eigenvalue weighted by atomic mass is 9.97. The Hall–Kier alpha value is -0.0400. The van der Waals surface area contributed by atoms with E-state index in [1.165, 1.54) is 44.9 Å². The molecule has 1 aliphatic rings. The Labute approximate surface area is 95.3 Å². The van der Waals surface area contributed by atoms with Crippen molar-refractivity contribution in [3.8, 4) is 0 Å². The van der Waals surface area contributed by atoms with Crippen molar-refractivity contribution in [1.29, 1.82) is 0 Å². The molecule has 1 heteroatoms. The summed E-state index contributed by atoms with van der Waals surface area (Å²) in [7, 11) is 0. The Balaban J connectivity index is 1.95. The van der Waals surface area contributed by atoms with E-state index in [4.69, 9.17) is 5.11 Å². The third-order valence-electron chi connectivity index (χ3n) is 3.81. The second kappa shape index (κ2) is 7.27. The Morgan fingerprint density at radius 1 is 1.20 bits per heavy atom. The molecule has 1 N–H and O–H groups in total. The van der Waals surface area contributed by atoms with Crippen molar-refractivity contribution in [2.24, 2.45) is 17.8 Å². The average Bonchev–Trinajstić information content (AvgIpc) is 2.94. The van der Waals surface area contributed by atoms with E-state index in [-0.39, 0.29) is 0 Å². The fourth-order valence-electron chi connectivity index (χ4n) is 2.68. The van der Waals surface area contributed by atoms with Crippen LogP contribution in [0.4, 0.5) is 0 Å². The number of hydrogen-bond donors (Lipinski definition) is 1. The third-order valence-corrected chi connectivity index (χ3v) is 3.81. The topological polar surface area (TPSA) is 20.2 Å². The van der Waals surface area contributed by atoms with Crippen molar-refractivity contribution in [3.05, 3.63) is 0 Å². The van der Waals surface area contributed by atoms with Crippen molar-refractivity contribution in [2.75, 3.05) is 6.61 Å². The summed E-state index contributed by atoms with van der Waals surface area (Å²) < 4.78 is 0. The average molecular weight is 212 g/mol. The SMILES string of the molecule is CCCCC[C@H]1CC1C[C@H](C)CCCO. The molecule has 3 atom stereocenters. The molecular weight excluding hydrogens is 184 g/mol. The minimum absolute atomic E-state index is 0.370. The highest BCUT2D eigenvalue weighted by Crippen LogP contribution is 2.46. The second-order valence-corrected chi connectivity index (χ2v) is 5.46. The van der Waals surface area contributed by atoms with Gasteiger partial charge in [0.2, 0.25) is 0 Å². The summed E-state index contributed by atoms with van der Waals surface area (Å²) in [5.41, 5.74) is 0. The fraction of sp³-hybridized carbons (Fsp3) is 1.00. The van der Waals surface area contributed by atoms with Gasteiger partial charge in [-0.25, -0.2) is 0 Å². The predicted octanol–water partition coefficient (Wildman–Crippen LogP) is 4.00. The van der Waals surface area contributed by atoms with E-state index in [2.05, 4.69) is 13.8 Å². The molecule has 1 fully saturated rings. The maximum absolute atomic E-state index is 8.76. The zero-order chi connectivity index (χ0) is 11.1. The maximum Gasteiger partial charge on any atom is 0.0431 e. The first kappa shape index (κ1) is 13.0. The summed E-state index contributed by atoms with van der Waals surface area (Å²) in [6.07, 6.45) is 10.8.